The maximum Gasteiger partial charge on any atom is 0.171 e. The van der Waals surface area contributed by atoms with Gasteiger partial charge in [0.1, 0.15) is 0 Å². The SMILES string of the molecule is CCc1cc(C)cc(C)c1NC(=S)NC(C)(C)CC. The van der Waals surface area contributed by atoms with Crippen LogP contribution < -0.4 is 10.6 Å². The molecule has 0 heterocycles. The van der Waals surface area contributed by atoms with E-state index >= 15 is 0 Å². The quantitative estimate of drug-likeness (QED) is 0.801. The number of rotatable bonds is 4. The third-order valence-electron chi connectivity index (χ3n) is 3.52. The molecular weight excluding hydrogens is 252 g/mol. The lowest BCUT2D eigenvalue weighted by molar-refractivity contribution is 0.448. The van der Waals surface area contributed by atoms with Gasteiger partial charge in [-0.2, -0.15) is 0 Å². The van der Waals surface area contributed by atoms with Crippen molar-refractivity contribution in [3.8, 4) is 0 Å². The molecule has 19 heavy (non-hydrogen) atoms. The molecule has 106 valence electrons. The number of benzene rings is 1. The zero-order chi connectivity index (χ0) is 14.6. The third-order valence-corrected chi connectivity index (χ3v) is 3.72. The first-order chi connectivity index (χ1) is 8.79. The molecule has 0 amide bonds. The summed E-state index contributed by atoms with van der Waals surface area (Å²) >= 11 is 5.43. The van der Waals surface area contributed by atoms with Crippen molar-refractivity contribution >= 4 is 23.0 Å². The van der Waals surface area contributed by atoms with E-state index in [1.165, 1.54) is 16.7 Å². The van der Waals surface area contributed by atoms with Crippen molar-refractivity contribution in [2.75, 3.05) is 5.32 Å². The molecule has 0 saturated heterocycles. The second-order valence-corrected chi connectivity index (χ2v) is 6.19. The lowest BCUT2D eigenvalue weighted by Gasteiger charge is -2.27. The highest BCUT2D eigenvalue weighted by molar-refractivity contribution is 7.80. The first-order valence-corrected chi connectivity index (χ1v) is 7.39. The van der Waals surface area contributed by atoms with Crippen molar-refractivity contribution in [1.82, 2.24) is 5.32 Å². The Morgan fingerprint density at radius 3 is 2.37 bits per heavy atom. The topological polar surface area (TPSA) is 24.1 Å². The van der Waals surface area contributed by atoms with Gasteiger partial charge in [0.15, 0.2) is 5.11 Å². The number of thiocarbonyl (C=S) groups is 1. The highest BCUT2D eigenvalue weighted by Crippen LogP contribution is 2.23. The van der Waals surface area contributed by atoms with Crippen molar-refractivity contribution in [3.63, 3.8) is 0 Å². The summed E-state index contributed by atoms with van der Waals surface area (Å²) in [6.45, 7) is 12.9. The van der Waals surface area contributed by atoms with Gasteiger partial charge in [0, 0.05) is 11.2 Å². The smallest absolute Gasteiger partial charge is 0.171 e. The largest absolute Gasteiger partial charge is 0.358 e. The second-order valence-electron chi connectivity index (χ2n) is 5.79. The van der Waals surface area contributed by atoms with Crippen molar-refractivity contribution in [3.05, 3.63) is 28.8 Å². The van der Waals surface area contributed by atoms with Gasteiger partial charge in [0.25, 0.3) is 0 Å². The first-order valence-electron chi connectivity index (χ1n) is 6.98. The van der Waals surface area contributed by atoms with Gasteiger partial charge in [-0.15, -0.1) is 0 Å². The standard InChI is InChI=1S/C16H26N2S/c1-7-13-10-11(3)9-12(4)14(13)17-15(19)18-16(5,6)8-2/h9-10H,7-8H2,1-6H3,(H2,17,18,19). The average molecular weight is 278 g/mol. The highest BCUT2D eigenvalue weighted by Gasteiger charge is 2.16. The number of anilines is 1. The van der Waals surface area contributed by atoms with Crippen LogP contribution in [0.25, 0.3) is 0 Å². The molecule has 2 N–H and O–H groups in total. The van der Waals surface area contributed by atoms with E-state index in [0.29, 0.717) is 5.11 Å². The number of aryl methyl sites for hydroxylation is 3. The molecule has 0 atom stereocenters. The Bertz CT molecular complexity index is 464. The van der Waals surface area contributed by atoms with E-state index in [1.807, 2.05) is 0 Å². The Morgan fingerprint density at radius 2 is 1.84 bits per heavy atom. The Hall–Kier alpha value is -1.09. The molecule has 0 aliphatic heterocycles. The molecule has 0 aliphatic carbocycles. The summed E-state index contributed by atoms with van der Waals surface area (Å²) in [6.07, 6.45) is 2.03. The average Bonchev–Trinajstić information content (AvgIpc) is 2.31. The van der Waals surface area contributed by atoms with Crippen LogP contribution in [0.5, 0.6) is 0 Å². The van der Waals surface area contributed by atoms with Crippen molar-refractivity contribution < 1.29 is 0 Å². The van der Waals surface area contributed by atoms with Crippen LogP contribution in [0.1, 0.15) is 50.8 Å². The molecule has 3 heteroatoms. The third kappa shape index (κ3) is 4.50. The molecule has 0 fully saturated rings. The maximum atomic E-state index is 5.43. The molecule has 0 bridgehead atoms. The van der Waals surface area contributed by atoms with E-state index in [-0.39, 0.29) is 5.54 Å². The zero-order valence-corrected chi connectivity index (χ0v) is 13.8. The van der Waals surface area contributed by atoms with E-state index in [9.17, 15) is 0 Å². The van der Waals surface area contributed by atoms with E-state index < -0.39 is 0 Å². The molecule has 0 aromatic heterocycles. The lowest BCUT2D eigenvalue weighted by atomic mass is 10.0. The number of hydrogen-bond donors (Lipinski definition) is 2. The molecule has 1 aromatic rings. The van der Waals surface area contributed by atoms with E-state index in [1.54, 1.807) is 0 Å². The minimum Gasteiger partial charge on any atom is -0.358 e. The fourth-order valence-corrected chi connectivity index (χ4v) is 2.43. The number of nitrogens with one attached hydrogen (secondary N) is 2. The van der Waals surface area contributed by atoms with E-state index in [2.05, 4.69) is 64.3 Å². The van der Waals surface area contributed by atoms with Crippen molar-refractivity contribution in [2.24, 2.45) is 0 Å². The summed E-state index contributed by atoms with van der Waals surface area (Å²) in [5, 5.41) is 7.44. The summed E-state index contributed by atoms with van der Waals surface area (Å²) in [4.78, 5) is 0. The molecule has 0 unspecified atom stereocenters. The summed E-state index contributed by atoms with van der Waals surface area (Å²) in [7, 11) is 0. The van der Waals surface area contributed by atoms with Gasteiger partial charge in [-0.3, -0.25) is 0 Å². The summed E-state index contributed by atoms with van der Waals surface area (Å²) in [5.74, 6) is 0. The van der Waals surface area contributed by atoms with Gasteiger partial charge >= 0.3 is 0 Å². The molecule has 1 rings (SSSR count). The predicted octanol–water partition coefficient (Wildman–Crippen LogP) is 4.34. The van der Waals surface area contributed by atoms with Crippen LogP contribution in [-0.2, 0) is 6.42 Å². The summed E-state index contributed by atoms with van der Waals surface area (Å²) in [6, 6.07) is 4.41. The summed E-state index contributed by atoms with van der Waals surface area (Å²) in [5.41, 5.74) is 5.03. The highest BCUT2D eigenvalue weighted by atomic mass is 32.1. The Morgan fingerprint density at radius 1 is 1.21 bits per heavy atom. The van der Waals surface area contributed by atoms with Gasteiger partial charge in [-0.05, 0) is 63.9 Å². The molecular formula is C16H26N2S. The van der Waals surface area contributed by atoms with Crippen LogP contribution in [0.4, 0.5) is 5.69 Å². The van der Waals surface area contributed by atoms with Crippen LogP contribution >= 0.6 is 12.2 Å². The first kappa shape index (κ1) is 16.0. The van der Waals surface area contributed by atoms with Crippen LogP contribution in [0.15, 0.2) is 12.1 Å². The Labute approximate surface area is 123 Å². The minimum atomic E-state index is 0.0229. The summed E-state index contributed by atoms with van der Waals surface area (Å²) < 4.78 is 0. The lowest BCUT2D eigenvalue weighted by Crippen LogP contribution is -2.45. The molecule has 0 radical (unpaired) electrons. The maximum absolute atomic E-state index is 5.43. The van der Waals surface area contributed by atoms with Crippen molar-refractivity contribution in [1.29, 1.82) is 0 Å². The van der Waals surface area contributed by atoms with E-state index in [0.717, 1.165) is 18.5 Å². The zero-order valence-electron chi connectivity index (χ0n) is 13.0. The molecule has 0 aliphatic rings. The normalized spacial score (nSPS) is 11.3. The Kier molecular flexibility index (Phi) is 5.36. The van der Waals surface area contributed by atoms with Gasteiger partial charge in [-0.25, -0.2) is 0 Å². The predicted molar refractivity (Wildman–Crippen MR) is 89.0 cm³/mol. The van der Waals surface area contributed by atoms with Crippen LogP contribution in [-0.4, -0.2) is 10.7 Å². The minimum absolute atomic E-state index is 0.0229. The van der Waals surface area contributed by atoms with Gasteiger partial charge < -0.3 is 10.6 Å². The Balaban J connectivity index is 2.91. The van der Waals surface area contributed by atoms with Gasteiger partial charge in [-0.1, -0.05) is 31.5 Å². The van der Waals surface area contributed by atoms with Crippen LogP contribution in [0.3, 0.4) is 0 Å². The number of hydrogen-bond acceptors (Lipinski definition) is 1. The molecule has 1 aromatic carbocycles. The van der Waals surface area contributed by atoms with Crippen LogP contribution in [0, 0.1) is 13.8 Å². The molecule has 0 spiro atoms. The molecule has 0 saturated carbocycles. The monoisotopic (exact) mass is 278 g/mol. The van der Waals surface area contributed by atoms with Gasteiger partial charge in [0.05, 0.1) is 0 Å². The fourth-order valence-electron chi connectivity index (χ4n) is 2.05. The van der Waals surface area contributed by atoms with E-state index in [4.69, 9.17) is 12.2 Å². The van der Waals surface area contributed by atoms with Crippen molar-refractivity contribution in [2.45, 2.75) is 59.9 Å². The van der Waals surface area contributed by atoms with Gasteiger partial charge in [0.2, 0.25) is 0 Å². The second kappa shape index (κ2) is 6.38. The molecule has 2 nitrogen and oxygen atoms in total. The fraction of sp³-hybridized carbons (Fsp3) is 0.562. The van der Waals surface area contributed by atoms with Crippen LogP contribution in [0.2, 0.25) is 0 Å².